The van der Waals surface area contributed by atoms with Crippen molar-refractivity contribution in [2.75, 3.05) is 6.26 Å². The van der Waals surface area contributed by atoms with Crippen LogP contribution in [0.2, 0.25) is 0 Å². The molecular weight excluding hydrogens is 204 g/mol. The van der Waals surface area contributed by atoms with Crippen LogP contribution >= 0.6 is 35.3 Å². The Morgan fingerprint density at radius 2 is 2.08 bits per heavy atom. The highest BCUT2D eigenvalue weighted by Gasteiger charge is 2.17. The van der Waals surface area contributed by atoms with E-state index in [1.165, 1.54) is 14.9 Å². The molecule has 0 aliphatic carbocycles. The largest absolute Gasteiger partial charge is 0.122 e. The van der Waals surface area contributed by atoms with Crippen molar-refractivity contribution in [1.29, 1.82) is 0 Å². The Bertz CT molecular complexity index is 198. The van der Waals surface area contributed by atoms with Crippen molar-refractivity contribution < 1.29 is 0 Å². The van der Waals surface area contributed by atoms with Crippen LogP contribution < -0.4 is 0 Å². The Morgan fingerprint density at radius 3 is 2.50 bits per heavy atom. The summed E-state index contributed by atoms with van der Waals surface area (Å²) in [4.78, 5) is 1.55. The Morgan fingerprint density at radius 1 is 1.33 bits per heavy atom. The molecule has 0 saturated heterocycles. The van der Waals surface area contributed by atoms with Crippen molar-refractivity contribution in [3.8, 4) is 0 Å². The van der Waals surface area contributed by atoms with Crippen LogP contribution in [-0.4, -0.2) is 6.26 Å². The van der Waals surface area contributed by atoms with Crippen molar-refractivity contribution in [3.63, 3.8) is 0 Å². The zero-order chi connectivity index (χ0) is 8.97. The fraction of sp³-hybridized carbons (Fsp3) is 0.556. The summed E-state index contributed by atoms with van der Waals surface area (Å²) in [6, 6.07) is 0. The maximum absolute atomic E-state index is 2.31. The molecule has 0 spiro atoms. The molecule has 0 N–H and O–H groups in total. The lowest BCUT2D eigenvalue weighted by atomic mass is 10.5. The van der Waals surface area contributed by atoms with Gasteiger partial charge in [0.15, 0.2) is 0 Å². The third-order valence-corrected chi connectivity index (χ3v) is 5.55. The molecule has 0 atom stereocenters. The monoisotopic (exact) mass is 218 g/mol. The van der Waals surface area contributed by atoms with Crippen LogP contribution in [-0.2, 0) is 0 Å². The highest BCUT2D eigenvalue weighted by molar-refractivity contribution is 8.35. The second-order valence-corrected chi connectivity index (χ2v) is 5.93. The summed E-state index contributed by atoms with van der Waals surface area (Å²) in [6.07, 6.45) is 6.80. The van der Waals surface area contributed by atoms with E-state index in [2.05, 4.69) is 26.2 Å². The van der Waals surface area contributed by atoms with E-state index in [1.54, 1.807) is 4.91 Å². The lowest BCUT2D eigenvalue weighted by Crippen LogP contribution is -1.68. The smallest absolute Gasteiger partial charge is 0.0551 e. The first-order valence-corrected chi connectivity index (χ1v) is 7.00. The lowest BCUT2D eigenvalue weighted by molar-refractivity contribution is 1.20. The van der Waals surface area contributed by atoms with E-state index < -0.39 is 0 Å². The predicted molar refractivity (Wildman–Crippen MR) is 64.4 cm³/mol. The molecular formula is C9H14S3. The summed E-state index contributed by atoms with van der Waals surface area (Å²) in [5.41, 5.74) is 0. The standard InChI is InChI=1S/C9H14S3/c1-4-6-8-11-7(5-2)9(10-3)12-8/h6H,4-5H2,1-3H3/b8-6+. The summed E-state index contributed by atoms with van der Waals surface area (Å²) < 4.78 is 2.97. The van der Waals surface area contributed by atoms with Crippen molar-refractivity contribution in [2.24, 2.45) is 0 Å². The molecule has 12 heavy (non-hydrogen) atoms. The van der Waals surface area contributed by atoms with Gasteiger partial charge < -0.3 is 0 Å². The summed E-state index contributed by atoms with van der Waals surface area (Å²) in [7, 11) is 0. The van der Waals surface area contributed by atoms with Crippen LogP contribution in [0.15, 0.2) is 19.5 Å². The Kier molecular flexibility index (Phi) is 4.69. The zero-order valence-electron chi connectivity index (χ0n) is 7.72. The molecule has 0 saturated carbocycles. The number of allylic oxidation sites excluding steroid dienone is 2. The summed E-state index contributed by atoms with van der Waals surface area (Å²) in [6.45, 7) is 4.42. The normalized spacial score (nSPS) is 21.1. The highest BCUT2D eigenvalue weighted by atomic mass is 32.2. The lowest BCUT2D eigenvalue weighted by Gasteiger charge is -1.95. The van der Waals surface area contributed by atoms with E-state index in [-0.39, 0.29) is 0 Å². The van der Waals surface area contributed by atoms with Gasteiger partial charge in [-0.1, -0.05) is 43.4 Å². The van der Waals surface area contributed by atoms with Gasteiger partial charge in [0.25, 0.3) is 0 Å². The highest BCUT2D eigenvalue weighted by Crippen LogP contribution is 2.53. The molecule has 1 aliphatic rings. The molecule has 0 aromatic rings. The molecule has 1 heterocycles. The molecule has 0 radical (unpaired) electrons. The number of thioether (sulfide) groups is 3. The van der Waals surface area contributed by atoms with Crippen molar-refractivity contribution in [2.45, 2.75) is 26.7 Å². The van der Waals surface area contributed by atoms with Crippen LogP contribution in [0.25, 0.3) is 0 Å². The van der Waals surface area contributed by atoms with E-state index in [9.17, 15) is 0 Å². The van der Waals surface area contributed by atoms with Crippen molar-refractivity contribution in [3.05, 3.63) is 19.5 Å². The predicted octanol–water partition coefficient (Wildman–Crippen LogP) is 4.66. The van der Waals surface area contributed by atoms with Crippen LogP contribution in [0.1, 0.15) is 26.7 Å². The Labute approximate surface area is 87.6 Å². The van der Waals surface area contributed by atoms with Gasteiger partial charge in [0.2, 0.25) is 0 Å². The van der Waals surface area contributed by atoms with Crippen LogP contribution in [0.5, 0.6) is 0 Å². The third-order valence-electron chi connectivity index (χ3n) is 1.52. The maximum Gasteiger partial charge on any atom is 0.0551 e. The molecule has 0 bridgehead atoms. The van der Waals surface area contributed by atoms with E-state index in [1.807, 2.05) is 35.3 Å². The summed E-state index contributed by atoms with van der Waals surface area (Å²) >= 11 is 5.76. The molecule has 0 nitrogen and oxygen atoms in total. The molecule has 0 unspecified atom stereocenters. The number of rotatable bonds is 3. The van der Waals surface area contributed by atoms with E-state index in [4.69, 9.17) is 0 Å². The van der Waals surface area contributed by atoms with Crippen molar-refractivity contribution >= 4 is 35.3 Å². The van der Waals surface area contributed by atoms with Gasteiger partial charge in [-0.2, -0.15) is 0 Å². The second kappa shape index (κ2) is 5.30. The third kappa shape index (κ3) is 2.51. The van der Waals surface area contributed by atoms with Crippen molar-refractivity contribution in [1.82, 2.24) is 0 Å². The fourth-order valence-corrected chi connectivity index (χ4v) is 4.84. The number of hydrogen-bond donors (Lipinski definition) is 0. The molecule has 3 heteroatoms. The number of hydrogen-bond acceptors (Lipinski definition) is 3. The maximum atomic E-state index is 2.31. The fourth-order valence-electron chi connectivity index (χ4n) is 0.954. The quantitative estimate of drug-likeness (QED) is 0.676. The van der Waals surface area contributed by atoms with Gasteiger partial charge in [0.05, 0.1) is 4.24 Å². The van der Waals surface area contributed by atoms with E-state index >= 15 is 0 Å². The summed E-state index contributed by atoms with van der Waals surface area (Å²) in [5.74, 6) is 0. The Hall–Kier alpha value is 0.530. The molecule has 0 aromatic heterocycles. The van der Waals surface area contributed by atoms with Crippen LogP contribution in [0.3, 0.4) is 0 Å². The molecule has 1 rings (SSSR count). The minimum Gasteiger partial charge on any atom is -0.122 e. The average molecular weight is 218 g/mol. The minimum atomic E-state index is 1.15. The average Bonchev–Trinajstić information content (AvgIpc) is 2.48. The minimum absolute atomic E-state index is 1.15. The second-order valence-electron chi connectivity index (χ2n) is 2.40. The summed E-state index contributed by atoms with van der Waals surface area (Å²) in [5, 5.41) is 0. The molecule has 1 aliphatic heterocycles. The Balaban J connectivity index is 2.65. The van der Waals surface area contributed by atoms with Gasteiger partial charge in [-0.05, 0) is 19.1 Å². The molecule has 0 fully saturated rings. The molecule has 68 valence electrons. The van der Waals surface area contributed by atoms with Gasteiger partial charge in [0.1, 0.15) is 0 Å². The molecule has 0 amide bonds. The van der Waals surface area contributed by atoms with Crippen LogP contribution in [0.4, 0.5) is 0 Å². The van der Waals surface area contributed by atoms with Gasteiger partial charge >= 0.3 is 0 Å². The van der Waals surface area contributed by atoms with E-state index in [0.717, 1.165) is 6.42 Å². The van der Waals surface area contributed by atoms with Crippen LogP contribution in [0, 0.1) is 0 Å². The van der Waals surface area contributed by atoms with Gasteiger partial charge in [-0.3, -0.25) is 0 Å². The SMILES string of the molecule is CC/C=C1\SC(CC)=C(SC)S1. The van der Waals surface area contributed by atoms with Gasteiger partial charge in [-0.15, -0.1) is 11.8 Å². The van der Waals surface area contributed by atoms with E-state index in [0.29, 0.717) is 0 Å². The van der Waals surface area contributed by atoms with Gasteiger partial charge in [0, 0.05) is 9.14 Å². The first-order valence-electron chi connectivity index (χ1n) is 4.14. The topological polar surface area (TPSA) is 0 Å². The first kappa shape index (κ1) is 10.6. The first-order chi connectivity index (χ1) is 5.81. The zero-order valence-corrected chi connectivity index (χ0v) is 10.2. The van der Waals surface area contributed by atoms with Gasteiger partial charge in [-0.25, -0.2) is 0 Å². The molecule has 0 aromatic carbocycles.